The number of para-hydroxylation sites is 1. The number of benzene rings is 2. The first kappa shape index (κ1) is 17.7. The van der Waals surface area contributed by atoms with Gasteiger partial charge >= 0.3 is 0 Å². The first-order chi connectivity index (χ1) is 11.3. The van der Waals surface area contributed by atoms with Gasteiger partial charge in [-0.05, 0) is 51.0 Å². The highest BCUT2D eigenvalue weighted by Gasteiger charge is 2.36. The van der Waals surface area contributed by atoms with Crippen LogP contribution in [0.3, 0.4) is 0 Å². The van der Waals surface area contributed by atoms with Gasteiger partial charge in [-0.2, -0.15) is 0 Å². The summed E-state index contributed by atoms with van der Waals surface area (Å²) >= 11 is 0. The van der Waals surface area contributed by atoms with E-state index >= 15 is 0 Å². The average Bonchev–Trinajstić information content (AvgIpc) is 2.57. The molecule has 0 spiro atoms. The van der Waals surface area contributed by atoms with Crippen molar-refractivity contribution in [3.8, 4) is 0 Å². The van der Waals surface area contributed by atoms with E-state index in [4.69, 9.17) is 0 Å². The van der Waals surface area contributed by atoms with Gasteiger partial charge in [0.25, 0.3) is 0 Å². The molecule has 0 aliphatic carbocycles. The van der Waals surface area contributed by atoms with E-state index < -0.39 is 5.41 Å². The fourth-order valence-electron chi connectivity index (χ4n) is 2.26. The Bertz CT molecular complexity index is 734. The van der Waals surface area contributed by atoms with E-state index in [1.54, 1.807) is 13.8 Å². The molecule has 4 heteroatoms. The lowest BCUT2D eigenvalue weighted by molar-refractivity contribution is -0.135. The number of hydrogen-bond acceptors (Lipinski definition) is 2. The molecule has 0 bridgehead atoms. The fraction of sp³-hybridized carbons (Fsp3) is 0.300. The molecule has 0 atom stereocenters. The molecule has 0 saturated heterocycles. The second-order valence-corrected chi connectivity index (χ2v) is 6.41. The van der Waals surface area contributed by atoms with Crippen molar-refractivity contribution < 1.29 is 9.59 Å². The van der Waals surface area contributed by atoms with E-state index in [0.29, 0.717) is 5.69 Å². The average molecular weight is 324 g/mol. The molecule has 0 aromatic heterocycles. The molecule has 0 heterocycles. The third kappa shape index (κ3) is 4.02. The van der Waals surface area contributed by atoms with Crippen LogP contribution in [0.15, 0.2) is 48.5 Å². The summed E-state index contributed by atoms with van der Waals surface area (Å²) in [6.07, 6.45) is 0.812. The molecule has 2 N–H and O–H groups in total. The van der Waals surface area contributed by atoms with Crippen molar-refractivity contribution in [3.05, 3.63) is 59.7 Å². The SMILES string of the molecule is CCc1ccccc1NC(=O)C(C)(C)C(=O)Nc1ccc(C)cc1. The molecule has 2 amide bonds. The molecule has 2 aromatic rings. The maximum Gasteiger partial charge on any atom is 0.239 e. The van der Waals surface area contributed by atoms with Crippen LogP contribution in [0.5, 0.6) is 0 Å². The number of hydrogen-bond donors (Lipinski definition) is 2. The van der Waals surface area contributed by atoms with Crippen LogP contribution in [-0.4, -0.2) is 11.8 Å². The van der Waals surface area contributed by atoms with Crippen LogP contribution in [0, 0.1) is 12.3 Å². The van der Waals surface area contributed by atoms with Crippen LogP contribution in [0.25, 0.3) is 0 Å². The molecule has 2 rings (SSSR count). The monoisotopic (exact) mass is 324 g/mol. The zero-order valence-corrected chi connectivity index (χ0v) is 14.6. The minimum Gasteiger partial charge on any atom is -0.325 e. The number of carbonyl (C=O) groups excluding carboxylic acids is 2. The van der Waals surface area contributed by atoms with E-state index in [1.807, 2.05) is 62.4 Å². The summed E-state index contributed by atoms with van der Waals surface area (Å²) in [7, 11) is 0. The molecule has 126 valence electrons. The van der Waals surface area contributed by atoms with Crippen LogP contribution < -0.4 is 10.6 Å². The molecule has 4 nitrogen and oxygen atoms in total. The van der Waals surface area contributed by atoms with E-state index in [1.165, 1.54) is 0 Å². The first-order valence-electron chi connectivity index (χ1n) is 8.12. The molecule has 0 fully saturated rings. The number of nitrogens with one attached hydrogen (secondary N) is 2. The topological polar surface area (TPSA) is 58.2 Å². The standard InChI is InChI=1S/C20H24N2O2/c1-5-15-8-6-7-9-17(15)22-19(24)20(3,4)18(23)21-16-12-10-14(2)11-13-16/h6-13H,5H2,1-4H3,(H,21,23)(H,22,24). The highest BCUT2D eigenvalue weighted by Crippen LogP contribution is 2.23. The fourth-order valence-corrected chi connectivity index (χ4v) is 2.26. The van der Waals surface area contributed by atoms with Gasteiger partial charge in [0.1, 0.15) is 5.41 Å². The van der Waals surface area contributed by atoms with Crippen LogP contribution in [0.1, 0.15) is 31.9 Å². The van der Waals surface area contributed by atoms with Crippen LogP contribution in [0.2, 0.25) is 0 Å². The zero-order valence-electron chi connectivity index (χ0n) is 14.6. The molecule has 0 radical (unpaired) electrons. The Labute approximate surface area is 143 Å². The van der Waals surface area contributed by atoms with Gasteiger partial charge in [-0.3, -0.25) is 9.59 Å². The van der Waals surface area contributed by atoms with E-state index in [0.717, 1.165) is 23.2 Å². The van der Waals surface area contributed by atoms with Crippen molar-refractivity contribution in [2.24, 2.45) is 5.41 Å². The van der Waals surface area contributed by atoms with Gasteiger partial charge in [0.05, 0.1) is 0 Å². The van der Waals surface area contributed by atoms with Gasteiger partial charge in [0.2, 0.25) is 11.8 Å². The van der Waals surface area contributed by atoms with Gasteiger partial charge in [-0.1, -0.05) is 42.8 Å². The van der Waals surface area contributed by atoms with E-state index in [9.17, 15) is 9.59 Å². The minimum absolute atomic E-state index is 0.326. The lowest BCUT2D eigenvalue weighted by Gasteiger charge is -2.23. The Morgan fingerprint density at radius 3 is 2.12 bits per heavy atom. The van der Waals surface area contributed by atoms with Gasteiger partial charge in [0, 0.05) is 11.4 Å². The summed E-state index contributed by atoms with van der Waals surface area (Å²) in [5.41, 5.74) is 2.40. The number of amides is 2. The molecule has 0 unspecified atom stereocenters. The lowest BCUT2D eigenvalue weighted by Crippen LogP contribution is -2.41. The number of anilines is 2. The Morgan fingerprint density at radius 2 is 1.50 bits per heavy atom. The second-order valence-electron chi connectivity index (χ2n) is 6.41. The molecule has 0 aliphatic rings. The molecule has 0 aliphatic heterocycles. The Hall–Kier alpha value is -2.62. The molecular formula is C20H24N2O2. The van der Waals surface area contributed by atoms with Crippen LogP contribution in [-0.2, 0) is 16.0 Å². The third-order valence-electron chi connectivity index (χ3n) is 4.09. The molecule has 24 heavy (non-hydrogen) atoms. The third-order valence-corrected chi connectivity index (χ3v) is 4.09. The maximum absolute atomic E-state index is 12.6. The number of carbonyl (C=O) groups is 2. The van der Waals surface area contributed by atoms with Gasteiger partial charge in [0.15, 0.2) is 0 Å². The number of rotatable bonds is 5. The maximum atomic E-state index is 12.6. The van der Waals surface area contributed by atoms with Gasteiger partial charge in [-0.15, -0.1) is 0 Å². The molecular weight excluding hydrogens is 300 g/mol. The first-order valence-corrected chi connectivity index (χ1v) is 8.12. The Morgan fingerprint density at radius 1 is 0.917 bits per heavy atom. The smallest absolute Gasteiger partial charge is 0.239 e. The van der Waals surface area contributed by atoms with Crippen molar-refractivity contribution >= 4 is 23.2 Å². The Balaban J connectivity index is 2.11. The predicted molar refractivity (Wildman–Crippen MR) is 98.0 cm³/mol. The highest BCUT2D eigenvalue weighted by atomic mass is 16.2. The predicted octanol–water partition coefficient (Wildman–Crippen LogP) is 4.16. The summed E-state index contributed by atoms with van der Waals surface area (Å²) in [5.74, 6) is -0.661. The molecule has 2 aromatic carbocycles. The van der Waals surface area contributed by atoms with Gasteiger partial charge in [-0.25, -0.2) is 0 Å². The summed E-state index contributed by atoms with van der Waals surface area (Å²) in [5, 5.41) is 5.68. The van der Waals surface area contributed by atoms with Crippen molar-refractivity contribution in [3.63, 3.8) is 0 Å². The Kier molecular flexibility index (Phi) is 5.39. The summed E-state index contributed by atoms with van der Waals surface area (Å²) in [6, 6.07) is 15.1. The van der Waals surface area contributed by atoms with E-state index in [2.05, 4.69) is 10.6 Å². The number of aryl methyl sites for hydroxylation is 2. The summed E-state index contributed by atoms with van der Waals surface area (Å²) in [4.78, 5) is 25.1. The second kappa shape index (κ2) is 7.30. The lowest BCUT2D eigenvalue weighted by atomic mass is 9.90. The van der Waals surface area contributed by atoms with Crippen molar-refractivity contribution in [2.75, 3.05) is 10.6 Å². The van der Waals surface area contributed by atoms with Gasteiger partial charge < -0.3 is 10.6 Å². The van der Waals surface area contributed by atoms with E-state index in [-0.39, 0.29) is 11.8 Å². The normalized spacial score (nSPS) is 11.0. The largest absolute Gasteiger partial charge is 0.325 e. The minimum atomic E-state index is -1.19. The van der Waals surface area contributed by atoms with Crippen molar-refractivity contribution in [1.82, 2.24) is 0 Å². The highest BCUT2D eigenvalue weighted by molar-refractivity contribution is 6.14. The van der Waals surface area contributed by atoms with Crippen LogP contribution in [0.4, 0.5) is 11.4 Å². The molecule has 0 saturated carbocycles. The van der Waals surface area contributed by atoms with Crippen molar-refractivity contribution in [2.45, 2.75) is 34.1 Å². The summed E-state index contributed by atoms with van der Waals surface area (Å²) in [6.45, 7) is 7.26. The van der Waals surface area contributed by atoms with Crippen molar-refractivity contribution in [1.29, 1.82) is 0 Å². The summed E-state index contributed by atoms with van der Waals surface area (Å²) < 4.78 is 0. The van der Waals surface area contributed by atoms with Crippen LogP contribution >= 0.6 is 0 Å². The quantitative estimate of drug-likeness (QED) is 0.811. The zero-order chi connectivity index (χ0) is 17.7.